The van der Waals surface area contributed by atoms with Crippen LogP contribution in [0.15, 0.2) is 23.4 Å². The Morgan fingerprint density at radius 3 is 2.50 bits per heavy atom. The first kappa shape index (κ1) is 15.9. The number of benzene rings is 1. The van der Waals surface area contributed by atoms with E-state index in [0.717, 1.165) is 10.8 Å². The number of nitrogen functional groups attached to an aromatic ring is 1. The first-order chi connectivity index (χ1) is 11.3. The molecule has 0 unspecified atom stereocenters. The number of methoxy groups -OCH3 is 2. The van der Waals surface area contributed by atoms with Crippen molar-refractivity contribution in [2.24, 2.45) is 0 Å². The fourth-order valence-corrected chi connectivity index (χ4v) is 2.56. The fraction of sp³-hybridized carbons (Fsp3) is 0.231. The van der Waals surface area contributed by atoms with E-state index in [4.69, 9.17) is 15.2 Å². The molecule has 11 heteroatoms. The van der Waals surface area contributed by atoms with Crippen LogP contribution >= 0.6 is 0 Å². The van der Waals surface area contributed by atoms with Crippen LogP contribution in [0.3, 0.4) is 0 Å². The van der Waals surface area contributed by atoms with E-state index in [2.05, 4.69) is 20.1 Å². The number of fused-ring (bicyclic) bond motifs is 1. The van der Waals surface area contributed by atoms with Gasteiger partial charge in [-0.25, -0.2) is 8.42 Å². The molecule has 0 atom stereocenters. The molecule has 0 bridgehead atoms. The summed E-state index contributed by atoms with van der Waals surface area (Å²) < 4.78 is 34.9. The van der Waals surface area contributed by atoms with Crippen LogP contribution in [0.1, 0.15) is 0 Å². The van der Waals surface area contributed by atoms with Crippen molar-refractivity contribution in [3.63, 3.8) is 0 Å². The maximum Gasteiger partial charge on any atom is 0.258 e. The van der Waals surface area contributed by atoms with Crippen molar-refractivity contribution in [1.82, 2.24) is 24.6 Å². The van der Waals surface area contributed by atoms with E-state index in [1.807, 2.05) is 0 Å². The van der Waals surface area contributed by atoms with E-state index in [-0.39, 0.29) is 17.6 Å². The van der Waals surface area contributed by atoms with Gasteiger partial charge in [0.2, 0.25) is 15.8 Å². The summed E-state index contributed by atoms with van der Waals surface area (Å²) in [6.45, 7) is 0. The molecule has 1 aromatic carbocycles. The topological polar surface area (TPSA) is 135 Å². The number of sulfone groups is 1. The molecule has 0 saturated carbocycles. The average Bonchev–Trinajstić information content (AvgIpc) is 2.98. The number of aromatic nitrogens is 5. The molecular formula is C13H14N6O4S. The molecule has 2 aromatic heterocycles. The molecule has 126 valence electrons. The van der Waals surface area contributed by atoms with E-state index in [1.165, 1.54) is 14.2 Å². The zero-order valence-electron chi connectivity index (χ0n) is 13.1. The predicted octanol–water partition coefficient (Wildman–Crippen LogP) is 0.189. The molecule has 2 N–H and O–H groups in total. The third-order valence-electron chi connectivity index (χ3n) is 3.19. The van der Waals surface area contributed by atoms with Gasteiger partial charge in [0.05, 0.1) is 19.8 Å². The Balaban J connectivity index is 2.24. The van der Waals surface area contributed by atoms with Gasteiger partial charge < -0.3 is 15.2 Å². The average molecular weight is 350 g/mol. The van der Waals surface area contributed by atoms with Gasteiger partial charge >= 0.3 is 0 Å². The van der Waals surface area contributed by atoms with Crippen molar-refractivity contribution >= 4 is 21.6 Å². The number of ether oxygens (including phenoxy) is 2. The largest absolute Gasteiger partial charge is 0.497 e. The Labute approximate surface area is 137 Å². The molecule has 3 aromatic rings. The van der Waals surface area contributed by atoms with Gasteiger partial charge in [0.15, 0.2) is 5.82 Å². The second-order valence-electron chi connectivity index (χ2n) is 4.85. The summed E-state index contributed by atoms with van der Waals surface area (Å²) in [5.74, 6) is 1.23. The monoisotopic (exact) mass is 350 g/mol. The second-order valence-corrected chi connectivity index (χ2v) is 6.76. The van der Waals surface area contributed by atoms with E-state index in [0.29, 0.717) is 17.1 Å². The van der Waals surface area contributed by atoms with Crippen molar-refractivity contribution in [3.05, 3.63) is 18.2 Å². The number of hydrogen-bond donors (Lipinski definition) is 1. The van der Waals surface area contributed by atoms with Crippen molar-refractivity contribution in [2.75, 3.05) is 26.2 Å². The zero-order valence-corrected chi connectivity index (χ0v) is 13.9. The third-order valence-corrected chi connectivity index (χ3v) is 4.04. The van der Waals surface area contributed by atoms with Crippen LogP contribution in [0.4, 0.5) is 5.95 Å². The van der Waals surface area contributed by atoms with Gasteiger partial charge in [-0.1, -0.05) is 0 Å². The normalized spacial score (nSPS) is 11.6. The molecule has 10 nitrogen and oxygen atoms in total. The maximum absolute atomic E-state index is 11.6. The molecular weight excluding hydrogens is 336 g/mol. The van der Waals surface area contributed by atoms with Crippen molar-refractivity contribution < 1.29 is 17.9 Å². The fourth-order valence-electron chi connectivity index (χ4n) is 2.05. The molecule has 0 aliphatic heterocycles. The summed E-state index contributed by atoms with van der Waals surface area (Å²) in [5, 5.41) is 3.80. The first-order valence-electron chi connectivity index (χ1n) is 6.66. The van der Waals surface area contributed by atoms with Crippen LogP contribution in [-0.4, -0.2) is 53.5 Å². The highest BCUT2D eigenvalue weighted by atomic mass is 32.2. The smallest absolute Gasteiger partial charge is 0.258 e. The number of rotatable bonds is 4. The summed E-state index contributed by atoms with van der Waals surface area (Å²) in [7, 11) is -0.580. The number of hydrogen-bond acceptors (Lipinski definition) is 9. The molecule has 2 heterocycles. The van der Waals surface area contributed by atoms with Crippen molar-refractivity contribution in [3.8, 4) is 22.9 Å². The molecule has 24 heavy (non-hydrogen) atoms. The number of anilines is 1. The van der Waals surface area contributed by atoms with E-state index < -0.39 is 15.0 Å². The van der Waals surface area contributed by atoms with Crippen LogP contribution in [0, 0.1) is 0 Å². The van der Waals surface area contributed by atoms with Gasteiger partial charge in [0, 0.05) is 6.26 Å². The van der Waals surface area contributed by atoms with Gasteiger partial charge in [0.25, 0.3) is 10.9 Å². The van der Waals surface area contributed by atoms with Crippen LogP contribution < -0.4 is 15.2 Å². The van der Waals surface area contributed by atoms with Gasteiger partial charge in [0.1, 0.15) is 11.5 Å². The predicted molar refractivity (Wildman–Crippen MR) is 84.6 cm³/mol. The SMILES string of the molecule is COc1ccc(OC)c(-c2nc3nc(S(C)(=O)=O)nc(N)n3n2)c1. The minimum atomic E-state index is -3.62. The van der Waals surface area contributed by atoms with Crippen molar-refractivity contribution in [2.45, 2.75) is 5.16 Å². The Morgan fingerprint density at radius 2 is 1.88 bits per heavy atom. The van der Waals surface area contributed by atoms with Crippen molar-refractivity contribution in [1.29, 1.82) is 0 Å². The molecule has 0 aliphatic rings. The summed E-state index contributed by atoms with van der Waals surface area (Å²) in [6, 6.07) is 5.12. The minimum Gasteiger partial charge on any atom is -0.497 e. The summed E-state index contributed by atoms with van der Waals surface area (Å²) in [6.07, 6.45) is 0.987. The summed E-state index contributed by atoms with van der Waals surface area (Å²) in [4.78, 5) is 11.9. The number of nitrogens with zero attached hydrogens (tertiary/aromatic N) is 5. The molecule has 0 fully saturated rings. The highest BCUT2D eigenvalue weighted by Gasteiger charge is 2.19. The molecule has 0 aliphatic carbocycles. The second kappa shape index (κ2) is 5.60. The van der Waals surface area contributed by atoms with Crippen LogP contribution in [0.25, 0.3) is 17.2 Å². The quantitative estimate of drug-likeness (QED) is 0.699. The Hall–Kier alpha value is -2.95. The first-order valence-corrected chi connectivity index (χ1v) is 8.55. The summed E-state index contributed by atoms with van der Waals surface area (Å²) >= 11 is 0. The molecule has 3 rings (SSSR count). The standard InChI is InChI=1S/C13H14N6O4S/c1-22-7-4-5-9(23-2)8(6-7)10-15-12-17-13(24(3,20)21)16-11(14)19(12)18-10/h4-6H,1-3H3,(H2,14,15,16,17,18). The van der Waals surface area contributed by atoms with Crippen LogP contribution in [0.2, 0.25) is 0 Å². The Bertz CT molecular complexity index is 1030. The van der Waals surface area contributed by atoms with Gasteiger partial charge in [-0.15, -0.1) is 5.10 Å². The lowest BCUT2D eigenvalue weighted by atomic mass is 10.2. The van der Waals surface area contributed by atoms with Crippen LogP contribution in [0.5, 0.6) is 11.5 Å². The van der Waals surface area contributed by atoms with Crippen LogP contribution in [-0.2, 0) is 9.84 Å². The van der Waals surface area contributed by atoms with Gasteiger partial charge in [-0.2, -0.15) is 19.5 Å². The maximum atomic E-state index is 11.6. The minimum absolute atomic E-state index is 0.0165. The summed E-state index contributed by atoms with van der Waals surface area (Å²) in [5.41, 5.74) is 6.30. The highest BCUT2D eigenvalue weighted by molar-refractivity contribution is 7.90. The lowest BCUT2D eigenvalue weighted by Gasteiger charge is -2.07. The van der Waals surface area contributed by atoms with Gasteiger partial charge in [-0.05, 0) is 18.2 Å². The lowest BCUT2D eigenvalue weighted by Crippen LogP contribution is -2.11. The Morgan fingerprint density at radius 1 is 1.12 bits per heavy atom. The zero-order chi connectivity index (χ0) is 17.5. The molecule has 0 spiro atoms. The van der Waals surface area contributed by atoms with E-state index >= 15 is 0 Å². The molecule has 0 saturated heterocycles. The highest BCUT2D eigenvalue weighted by Crippen LogP contribution is 2.31. The van der Waals surface area contributed by atoms with E-state index in [1.54, 1.807) is 18.2 Å². The lowest BCUT2D eigenvalue weighted by molar-refractivity contribution is 0.404. The van der Waals surface area contributed by atoms with Gasteiger partial charge in [-0.3, -0.25) is 0 Å². The molecule has 0 radical (unpaired) electrons. The molecule has 0 amide bonds. The third kappa shape index (κ3) is 2.69. The van der Waals surface area contributed by atoms with E-state index in [9.17, 15) is 8.42 Å². The Kier molecular flexibility index (Phi) is 3.72. The number of nitrogens with two attached hydrogens (primary N) is 1.